The Morgan fingerprint density at radius 3 is 2.75 bits per heavy atom. The fourth-order valence-electron chi connectivity index (χ4n) is 0.808. The number of carbonyl (C=O) groups is 1. The molecular weight excluding hydrogens is 156 g/mol. The number of ether oxygens (including phenoxy) is 1. The van der Waals surface area contributed by atoms with E-state index in [1.165, 1.54) is 18.4 Å². The summed E-state index contributed by atoms with van der Waals surface area (Å²) in [5.41, 5.74) is 5.22. The first-order valence-corrected chi connectivity index (χ1v) is 3.20. The van der Waals surface area contributed by atoms with Gasteiger partial charge in [-0.2, -0.15) is 0 Å². The van der Waals surface area contributed by atoms with Crippen LogP contribution in [0.1, 0.15) is 10.4 Å². The van der Waals surface area contributed by atoms with Crippen LogP contribution in [0.2, 0.25) is 0 Å². The zero-order valence-electron chi connectivity index (χ0n) is 6.15. The van der Waals surface area contributed by atoms with Crippen molar-refractivity contribution in [2.45, 2.75) is 0 Å². The summed E-state index contributed by atoms with van der Waals surface area (Å²) in [6.07, 6.45) is 1.47. The van der Waals surface area contributed by atoms with E-state index >= 15 is 0 Å². The Morgan fingerprint density at radius 2 is 2.17 bits per heavy atom. The van der Waals surface area contributed by atoms with Gasteiger partial charge in [0.15, 0.2) is 5.75 Å². The number of nitrogens with two attached hydrogens (primary N) is 1. The van der Waals surface area contributed by atoms with E-state index < -0.39 is 5.91 Å². The van der Waals surface area contributed by atoms with E-state index in [0.717, 1.165) is 0 Å². The summed E-state index contributed by atoms with van der Waals surface area (Å²) in [6.45, 7) is 0. The second-order valence-corrected chi connectivity index (χ2v) is 2.05. The van der Waals surface area contributed by atoms with Crippen molar-refractivity contribution in [2.24, 2.45) is 5.73 Å². The molecular formula is C8H6N2O2. The van der Waals surface area contributed by atoms with Crippen LogP contribution >= 0.6 is 0 Å². The van der Waals surface area contributed by atoms with Gasteiger partial charge in [0.2, 0.25) is 0 Å². The highest BCUT2D eigenvalue weighted by molar-refractivity contribution is 5.95. The molecule has 0 spiro atoms. The average molecular weight is 162 g/mol. The van der Waals surface area contributed by atoms with Gasteiger partial charge in [-0.1, -0.05) is 12.1 Å². The standard InChI is InChI=1S/C8H6N2O2/c9-5-12-7-4-2-1-3-6(7)8(10)11/h1-4H,(H2,10,11). The predicted molar refractivity (Wildman–Crippen MR) is 41.2 cm³/mol. The molecule has 0 heterocycles. The molecule has 0 fully saturated rings. The number of nitriles is 1. The second kappa shape index (κ2) is 3.39. The molecule has 0 saturated carbocycles. The van der Waals surface area contributed by atoms with Crippen molar-refractivity contribution in [1.29, 1.82) is 5.26 Å². The number of amides is 1. The van der Waals surface area contributed by atoms with Crippen LogP contribution in [0, 0.1) is 11.5 Å². The molecule has 2 N–H and O–H groups in total. The number of benzene rings is 1. The van der Waals surface area contributed by atoms with Crippen molar-refractivity contribution in [2.75, 3.05) is 0 Å². The number of carbonyl (C=O) groups excluding carboxylic acids is 1. The Balaban J connectivity index is 3.10. The van der Waals surface area contributed by atoms with Gasteiger partial charge in [0.25, 0.3) is 12.2 Å². The molecule has 1 aromatic rings. The second-order valence-electron chi connectivity index (χ2n) is 2.05. The van der Waals surface area contributed by atoms with Crippen molar-refractivity contribution >= 4 is 5.91 Å². The molecule has 0 unspecified atom stereocenters. The van der Waals surface area contributed by atoms with Crippen molar-refractivity contribution in [1.82, 2.24) is 0 Å². The molecule has 0 radical (unpaired) electrons. The van der Waals surface area contributed by atoms with Crippen LogP contribution in [0.4, 0.5) is 0 Å². The highest BCUT2D eigenvalue weighted by Crippen LogP contribution is 2.16. The Hall–Kier alpha value is -2.02. The Kier molecular flexibility index (Phi) is 2.29. The third-order valence-electron chi connectivity index (χ3n) is 1.31. The molecule has 12 heavy (non-hydrogen) atoms. The minimum atomic E-state index is -0.610. The maximum Gasteiger partial charge on any atom is 0.292 e. The smallest absolute Gasteiger partial charge is 0.292 e. The number of hydrogen-bond donors (Lipinski definition) is 1. The Labute approximate surface area is 69.2 Å². The molecule has 1 amide bonds. The van der Waals surface area contributed by atoms with Crippen LogP contribution in [0.3, 0.4) is 0 Å². The maximum absolute atomic E-state index is 10.7. The van der Waals surface area contributed by atoms with E-state index in [4.69, 9.17) is 11.0 Å². The van der Waals surface area contributed by atoms with Gasteiger partial charge in [0.1, 0.15) is 0 Å². The summed E-state index contributed by atoms with van der Waals surface area (Å²) in [5, 5.41) is 8.20. The van der Waals surface area contributed by atoms with Gasteiger partial charge >= 0.3 is 0 Å². The largest absolute Gasteiger partial charge is 0.387 e. The lowest BCUT2D eigenvalue weighted by Crippen LogP contribution is -2.11. The zero-order chi connectivity index (χ0) is 8.97. The molecule has 0 aliphatic rings. The number of nitrogens with zero attached hydrogens (tertiary/aromatic N) is 1. The van der Waals surface area contributed by atoms with Gasteiger partial charge in [0, 0.05) is 0 Å². The highest BCUT2D eigenvalue weighted by Gasteiger charge is 2.07. The van der Waals surface area contributed by atoms with Gasteiger partial charge in [-0.05, 0) is 12.1 Å². The monoisotopic (exact) mass is 162 g/mol. The van der Waals surface area contributed by atoms with E-state index in [1.54, 1.807) is 12.1 Å². The van der Waals surface area contributed by atoms with Crippen LogP contribution in [0.5, 0.6) is 5.75 Å². The van der Waals surface area contributed by atoms with Crippen LogP contribution < -0.4 is 10.5 Å². The Bertz CT molecular complexity index is 341. The van der Waals surface area contributed by atoms with Crippen molar-refractivity contribution in [3.63, 3.8) is 0 Å². The molecule has 0 aromatic heterocycles. The summed E-state index contributed by atoms with van der Waals surface area (Å²) < 4.78 is 4.50. The van der Waals surface area contributed by atoms with E-state index in [0.29, 0.717) is 0 Å². The maximum atomic E-state index is 10.7. The van der Waals surface area contributed by atoms with Crippen molar-refractivity contribution < 1.29 is 9.53 Å². The van der Waals surface area contributed by atoms with Crippen LogP contribution in [0.25, 0.3) is 0 Å². The van der Waals surface area contributed by atoms with E-state index in [2.05, 4.69) is 4.74 Å². The summed E-state index contributed by atoms with van der Waals surface area (Å²) in [7, 11) is 0. The zero-order valence-corrected chi connectivity index (χ0v) is 6.15. The average Bonchev–Trinajstić information content (AvgIpc) is 2.05. The van der Waals surface area contributed by atoms with E-state index in [-0.39, 0.29) is 11.3 Å². The Morgan fingerprint density at radius 1 is 1.50 bits per heavy atom. The molecule has 0 saturated heterocycles. The lowest BCUT2D eigenvalue weighted by Gasteiger charge is -2.00. The van der Waals surface area contributed by atoms with Gasteiger partial charge in [-0.3, -0.25) is 4.79 Å². The normalized spacial score (nSPS) is 8.58. The molecule has 1 aromatic carbocycles. The topological polar surface area (TPSA) is 76.1 Å². The lowest BCUT2D eigenvalue weighted by molar-refractivity contribution is 0.0998. The van der Waals surface area contributed by atoms with E-state index in [1.807, 2.05) is 0 Å². The lowest BCUT2D eigenvalue weighted by atomic mass is 10.2. The summed E-state index contributed by atoms with van der Waals surface area (Å²) in [4.78, 5) is 10.7. The molecule has 0 aliphatic heterocycles. The summed E-state index contributed by atoms with van der Waals surface area (Å²) in [5.74, 6) is -0.423. The molecule has 0 aliphatic carbocycles. The van der Waals surface area contributed by atoms with E-state index in [9.17, 15) is 4.79 Å². The minimum Gasteiger partial charge on any atom is -0.387 e. The molecule has 0 bridgehead atoms. The first-order valence-electron chi connectivity index (χ1n) is 3.20. The molecule has 4 nitrogen and oxygen atoms in total. The molecule has 0 atom stereocenters. The quantitative estimate of drug-likeness (QED) is 0.648. The molecule has 1 rings (SSSR count). The fraction of sp³-hybridized carbons (Fsp3) is 0. The first-order chi connectivity index (χ1) is 5.75. The summed E-state index contributed by atoms with van der Waals surface area (Å²) >= 11 is 0. The van der Waals surface area contributed by atoms with Crippen LogP contribution in [-0.4, -0.2) is 5.91 Å². The number of para-hydroxylation sites is 1. The van der Waals surface area contributed by atoms with Gasteiger partial charge in [-0.25, -0.2) is 0 Å². The van der Waals surface area contributed by atoms with Gasteiger partial charge < -0.3 is 10.5 Å². The summed E-state index contributed by atoms with van der Waals surface area (Å²) in [6, 6.07) is 6.29. The van der Waals surface area contributed by atoms with Gasteiger partial charge in [-0.15, -0.1) is 5.26 Å². The van der Waals surface area contributed by atoms with Crippen LogP contribution in [-0.2, 0) is 0 Å². The molecule has 60 valence electrons. The predicted octanol–water partition coefficient (Wildman–Crippen LogP) is 0.645. The first kappa shape index (κ1) is 8.08. The third kappa shape index (κ3) is 1.52. The minimum absolute atomic E-state index is 0.188. The highest BCUT2D eigenvalue weighted by atomic mass is 16.5. The number of hydrogen-bond acceptors (Lipinski definition) is 3. The van der Waals surface area contributed by atoms with Gasteiger partial charge in [0.05, 0.1) is 5.56 Å². The van der Waals surface area contributed by atoms with Crippen molar-refractivity contribution in [3.05, 3.63) is 29.8 Å². The number of rotatable bonds is 2. The van der Waals surface area contributed by atoms with Crippen LogP contribution in [0.15, 0.2) is 24.3 Å². The van der Waals surface area contributed by atoms with Crippen molar-refractivity contribution in [3.8, 4) is 12.0 Å². The fourth-order valence-corrected chi connectivity index (χ4v) is 0.808. The SMILES string of the molecule is N#COc1ccccc1C(N)=O. The third-order valence-corrected chi connectivity index (χ3v) is 1.31. The molecule has 4 heteroatoms. The number of primary amides is 1.